The fourth-order valence-electron chi connectivity index (χ4n) is 3.31. The van der Waals surface area contributed by atoms with Crippen molar-refractivity contribution in [2.45, 2.75) is 58.6 Å². The van der Waals surface area contributed by atoms with Crippen LogP contribution in [0.2, 0.25) is 0 Å². The normalized spacial score (nSPS) is 15.8. The molecule has 0 radical (unpaired) electrons. The molecule has 1 amide bonds. The summed E-state index contributed by atoms with van der Waals surface area (Å²) in [7, 11) is 0. The zero-order valence-electron chi connectivity index (χ0n) is 15.5. The zero-order valence-corrected chi connectivity index (χ0v) is 15.5. The molecule has 6 nitrogen and oxygen atoms in total. The van der Waals surface area contributed by atoms with Crippen LogP contribution in [0, 0.1) is 6.92 Å². The molecule has 2 aromatic rings. The third kappa shape index (κ3) is 3.84. The fraction of sp³-hybridized carbons (Fsp3) is 0.500. The summed E-state index contributed by atoms with van der Waals surface area (Å²) >= 11 is 0. The number of benzene rings is 1. The largest absolute Gasteiger partial charge is 0.494 e. The molecule has 1 atom stereocenters. The Morgan fingerprint density at radius 1 is 1.31 bits per heavy atom. The number of hydrogen-bond donors (Lipinski definition) is 1. The Hall–Kier alpha value is -2.50. The molecule has 1 heterocycles. The van der Waals surface area contributed by atoms with E-state index in [0.717, 1.165) is 31.1 Å². The van der Waals surface area contributed by atoms with Crippen LogP contribution < -0.4 is 10.1 Å². The Kier molecular flexibility index (Phi) is 5.49. The zero-order chi connectivity index (χ0) is 18.7. The van der Waals surface area contributed by atoms with Gasteiger partial charge in [-0.05, 0) is 51.8 Å². The molecule has 6 heteroatoms. The van der Waals surface area contributed by atoms with E-state index in [1.165, 1.54) is 0 Å². The van der Waals surface area contributed by atoms with Crippen LogP contribution in [0.1, 0.15) is 55.6 Å². The standard InChI is InChI=1S/C20H25NO5/c1-4-24-15-9-10-17-16(11-15)12(2)18(26-17)20(23)25-13(3)19(22)21-14-7-5-6-8-14/h9-11,13-14H,4-8H2,1-3H3,(H,21,22). The van der Waals surface area contributed by atoms with Crippen LogP contribution in [0.15, 0.2) is 22.6 Å². The number of amides is 1. The SMILES string of the molecule is CCOc1ccc2oc(C(=O)OC(C)C(=O)NC3CCCC3)c(C)c2c1. The smallest absolute Gasteiger partial charge is 0.375 e. The third-order valence-electron chi connectivity index (χ3n) is 4.76. The van der Waals surface area contributed by atoms with Crippen LogP contribution in [0.5, 0.6) is 5.75 Å². The van der Waals surface area contributed by atoms with E-state index in [-0.39, 0.29) is 17.7 Å². The third-order valence-corrected chi connectivity index (χ3v) is 4.76. The maximum atomic E-state index is 12.5. The van der Waals surface area contributed by atoms with Crippen LogP contribution in [0.25, 0.3) is 11.0 Å². The molecule has 0 aliphatic heterocycles. The number of hydrogen-bond acceptors (Lipinski definition) is 5. The van der Waals surface area contributed by atoms with Gasteiger partial charge < -0.3 is 19.2 Å². The van der Waals surface area contributed by atoms with Gasteiger partial charge in [0, 0.05) is 17.0 Å². The molecule has 1 aliphatic carbocycles. The van der Waals surface area contributed by atoms with Crippen LogP contribution in [-0.4, -0.2) is 30.6 Å². The van der Waals surface area contributed by atoms with Gasteiger partial charge in [0.05, 0.1) is 6.61 Å². The van der Waals surface area contributed by atoms with E-state index in [2.05, 4.69) is 5.32 Å². The monoisotopic (exact) mass is 359 g/mol. The second-order valence-electron chi connectivity index (χ2n) is 6.68. The molecule has 1 saturated carbocycles. The predicted molar refractivity (Wildman–Crippen MR) is 97.4 cm³/mol. The predicted octanol–water partition coefficient (Wildman–Crippen LogP) is 3.74. The van der Waals surface area contributed by atoms with Gasteiger partial charge in [0.15, 0.2) is 6.10 Å². The van der Waals surface area contributed by atoms with Gasteiger partial charge in [0.1, 0.15) is 11.3 Å². The summed E-state index contributed by atoms with van der Waals surface area (Å²) in [5.41, 5.74) is 1.26. The molecule has 3 rings (SSSR count). The second-order valence-corrected chi connectivity index (χ2v) is 6.68. The van der Waals surface area contributed by atoms with E-state index in [9.17, 15) is 9.59 Å². The molecule has 1 aliphatic rings. The summed E-state index contributed by atoms with van der Waals surface area (Å²) in [6.07, 6.45) is 3.35. The van der Waals surface area contributed by atoms with Gasteiger partial charge in [-0.3, -0.25) is 4.79 Å². The van der Waals surface area contributed by atoms with Crippen molar-refractivity contribution in [3.63, 3.8) is 0 Å². The number of ether oxygens (including phenoxy) is 2. The first kappa shape index (κ1) is 18.3. The van der Waals surface area contributed by atoms with E-state index in [0.29, 0.717) is 23.5 Å². The molecule has 0 saturated heterocycles. The number of esters is 1. The summed E-state index contributed by atoms with van der Waals surface area (Å²) in [4.78, 5) is 24.7. The molecule has 1 aromatic heterocycles. The Morgan fingerprint density at radius 3 is 2.73 bits per heavy atom. The Bertz CT molecular complexity index is 804. The fourth-order valence-corrected chi connectivity index (χ4v) is 3.31. The maximum Gasteiger partial charge on any atom is 0.375 e. The summed E-state index contributed by atoms with van der Waals surface area (Å²) in [6, 6.07) is 5.58. The Morgan fingerprint density at radius 2 is 2.04 bits per heavy atom. The molecule has 0 bridgehead atoms. The van der Waals surface area contributed by atoms with Crippen molar-refractivity contribution in [2.75, 3.05) is 6.61 Å². The lowest BCUT2D eigenvalue weighted by Gasteiger charge is -2.16. The van der Waals surface area contributed by atoms with Gasteiger partial charge in [-0.1, -0.05) is 12.8 Å². The lowest BCUT2D eigenvalue weighted by Crippen LogP contribution is -2.40. The van der Waals surface area contributed by atoms with Crippen molar-refractivity contribution in [3.05, 3.63) is 29.5 Å². The van der Waals surface area contributed by atoms with Crippen molar-refractivity contribution in [2.24, 2.45) is 0 Å². The molecular weight excluding hydrogens is 334 g/mol. The highest BCUT2D eigenvalue weighted by atomic mass is 16.6. The van der Waals surface area contributed by atoms with Crippen molar-refractivity contribution >= 4 is 22.8 Å². The average Bonchev–Trinajstić information content (AvgIpc) is 3.23. The van der Waals surface area contributed by atoms with Gasteiger partial charge in [-0.15, -0.1) is 0 Å². The van der Waals surface area contributed by atoms with E-state index >= 15 is 0 Å². The van der Waals surface area contributed by atoms with Gasteiger partial charge in [0.25, 0.3) is 5.91 Å². The van der Waals surface area contributed by atoms with Crippen molar-refractivity contribution in [1.29, 1.82) is 0 Å². The maximum absolute atomic E-state index is 12.5. The van der Waals surface area contributed by atoms with E-state index in [4.69, 9.17) is 13.9 Å². The van der Waals surface area contributed by atoms with Crippen LogP contribution >= 0.6 is 0 Å². The quantitative estimate of drug-likeness (QED) is 0.795. The van der Waals surface area contributed by atoms with Crippen molar-refractivity contribution in [3.8, 4) is 5.75 Å². The van der Waals surface area contributed by atoms with Gasteiger partial charge in [-0.2, -0.15) is 0 Å². The molecule has 140 valence electrons. The highest BCUT2D eigenvalue weighted by molar-refractivity contribution is 5.97. The summed E-state index contributed by atoms with van der Waals surface area (Å²) in [6.45, 7) is 5.84. The minimum Gasteiger partial charge on any atom is -0.494 e. The first-order valence-corrected chi connectivity index (χ1v) is 9.17. The summed E-state index contributed by atoms with van der Waals surface area (Å²) < 4.78 is 16.5. The molecular formula is C20H25NO5. The molecule has 0 spiro atoms. The van der Waals surface area contributed by atoms with E-state index in [1.54, 1.807) is 26.0 Å². The second kappa shape index (κ2) is 7.81. The first-order valence-electron chi connectivity index (χ1n) is 9.17. The lowest BCUT2D eigenvalue weighted by molar-refractivity contribution is -0.129. The number of fused-ring (bicyclic) bond motifs is 1. The van der Waals surface area contributed by atoms with Crippen LogP contribution in [-0.2, 0) is 9.53 Å². The average molecular weight is 359 g/mol. The van der Waals surface area contributed by atoms with Crippen molar-refractivity contribution in [1.82, 2.24) is 5.32 Å². The summed E-state index contributed by atoms with van der Waals surface area (Å²) in [5.74, 6) is -0.0642. The summed E-state index contributed by atoms with van der Waals surface area (Å²) in [5, 5.41) is 3.73. The number of furan rings is 1. The molecule has 1 aromatic carbocycles. The highest BCUT2D eigenvalue weighted by Gasteiger charge is 2.26. The minimum absolute atomic E-state index is 0.120. The molecule has 1 N–H and O–H groups in total. The number of rotatable bonds is 6. The van der Waals surface area contributed by atoms with Gasteiger partial charge in [0.2, 0.25) is 5.76 Å². The molecule has 1 fully saturated rings. The topological polar surface area (TPSA) is 77.8 Å². The first-order chi connectivity index (χ1) is 12.5. The van der Waals surface area contributed by atoms with Crippen LogP contribution in [0.4, 0.5) is 0 Å². The van der Waals surface area contributed by atoms with Gasteiger partial charge >= 0.3 is 5.97 Å². The minimum atomic E-state index is -0.866. The van der Waals surface area contributed by atoms with Gasteiger partial charge in [-0.25, -0.2) is 4.79 Å². The van der Waals surface area contributed by atoms with Crippen molar-refractivity contribution < 1.29 is 23.5 Å². The number of nitrogens with one attached hydrogen (secondary N) is 1. The Labute approximate surface area is 152 Å². The number of carbonyl (C=O) groups excluding carboxylic acids is 2. The van der Waals surface area contributed by atoms with Crippen LogP contribution in [0.3, 0.4) is 0 Å². The van der Waals surface area contributed by atoms with E-state index in [1.807, 2.05) is 13.0 Å². The van der Waals surface area contributed by atoms with E-state index < -0.39 is 12.1 Å². The Balaban J connectivity index is 1.70. The lowest BCUT2D eigenvalue weighted by atomic mass is 10.1. The molecule has 26 heavy (non-hydrogen) atoms. The number of carbonyl (C=O) groups is 2. The molecule has 1 unspecified atom stereocenters. The highest BCUT2D eigenvalue weighted by Crippen LogP contribution is 2.29. The number of aryl methyl sites for hydroxylation is 1.